The van der Waals surface area contributed by atoms with Gasteiger partial charge in [0.1, 0.15) is 4.90 Å². The number of halogens is 1. The minimum Gasteiger partial charge on any atom is -0.368 e. The number of piperidine rings is 1. The van der Waals surface area contributed by atoms with Gasteiger partial charge in [-0.15, -0.1) is 12.6 Å². The van der Waals surface area contributed by atoms with Crippen LogP contribution in [0.2, 0.25) is 5.02 Å². The molecule has 2 aromatic rings. The van der Waals surface area contributed by atoms with Gasteiger partial charge in [0.2, 0.25) is 17.8 Å². The fourth-order valence-electron chi connectivity index (χ4n) is 2.70. The van der Waals surface area contributed by atoms with Crippen LogP contribution < -0.4 is 15.4 Å². The number of nitrogen functional groups attached to an aromatic ring is 1. The molecule has 1 aliphatic rings. The molecule has 2 heterocycles. The molecule has 8 nitrogen and oxygen atoms in total. The number of nitrogens with one attached hydrogen (secondary N) is 1. The van der Waals surface area contributed by atoms with Crippen molar-refractivity contribution in [2.75, 3.05) is 28.4 Å². The Morgan fingerprint density at radius 2 is 1.88 bits per heavy atom. The molecular formula is C15H19ClN6O2S2. The largest absolute Gasteiger partial charge is 0.368 e. The molecule has 11 heteroatoms. The molecule has 0 spiro atoms. The Labute approximate surface area is 162 Å². The Morgan fingerprint density at radius 3 is 2.58 bits per heavy atom. The summed E-state index contributed by atoms with van der Waals surface area (Å²) in [5, 5.41) is 0.436. The number of hydrogen-bond acceptors (Lipinski definition) is 8. The van der Waals surface area contributed by atoms with E-state index in [-0.39, 0.29) is 21.7 Å². The highest BCUT2D eigenvalue weighted by molar-refractivity contribution is 7.93. The number of hydrogen-bond donors (Lipinski definition) is 3. The highest BCUT2D eigenvalue weighted by Crippen LogP contribution is 2.28. The van der Waals surface area contributed by atoms with Crippen LogP contribution in [0, 0.1) is 6.92 Å². The van der Waals surface area contributed by atoms with Gasteiger partial charge in [0.25, 0.3) is 10.0 Å². The highest BCUT2D eigenvalue weighted by Gasteiger charge is 2.22. The minimum absolute atomic E-state index is 0.0127. The number of sulfonamides is 1. The standard InChI is InChI=1S/C15H19ClN6O2S2/c1-9-7-12(11(25)8-10(9)16)26(23,24)21-14-18-13(17)19-15(20-14)22-5-3-2-4-6-22/h7-8,25H,2-6H2,1H3,(H3,17,18,19,20,21). The van der Waals surface area contributed by atoms with E-state index in [9.17, 15) is 8.42 Å². The maximum atomic E-state index is 12.7. The van der Waals surface area contributed by atoms with E-state index >= 15 is 0 Å². The first-order valence-electron chi connectivity index (χ1n) is 8.05. The molecule has 0 saturated carbocycles. The highest BCUT2D eigenvalue weighted by atomic mass is 35.5. The number of thiol groups is 1. The molecule has 0 atom stereocenters. The summed E-state index contributed by atoms with van der Waals surface area (Å²) in [4.78, 5) is 14.4. The summed E-state index contributed by atoms with van der Waals surface area (Å²) in [5.41, 5.74) is 6.36. The zero-order chi connectivity index (χ0) is 18.9. The number of aryl methyl sites for hydroxylation is 1. The first kappa shape index (κ1) is 19.0. The summed E-state index contributed by atoms with van der Waals surface area (Å²) in [6, 6.07) is 2.93. The van der Waals surface area contributed by atoms with Gasteiger partial charge >= 0.3 is 0 Å². The van der Waals surface area contributed by atoms with Crippen LogP contribution in [0.4, 0.5) is 17.8 Å². The van der Waals surface area contributed by atoms with Crippen LogP contribution in [0.3, 0.4) is 0 Å². The van der Waals surface area contributed by atoms with Gasteiger partial charge in [-0.1, -0.05) is 11.6 Å². The molecule has 1 aromatic carbocycles. The first-order chi connectivity index (χ1) is 12.3. The Morgan fingerprint density at radius 1 is 1.19 bits per heavy atom. The Kier molecular flexibility index (Phi) is 5.44. The molecule has 0 bridgehead atoms. The quantitative estimate of drug-likeness (QED) is 0.658. The van der Waals surface area contributed by atoms with Crippen molar-refractivity contribution in [3.8, 4) is 0 Å². The monoisotopic (exact) mass is 414 g/mol. The van der Waals surface area contributed by atoms with E-state index in [2.05, 4.69) is 32.3 Å². The number of aromatic nitrogens is 3. The van der Waals surface area contributed by atoms with E-state index in [0.29, 0.717) is 16.5 Å². The molecule has 0 radical (unpaired) electrons. The normalized spacial score (nSPS) is 15.1. The fraction of sp³-hybridized carbons (Fsp3) is 0.400. The third kappa shape index (κ3) is 4.13. The summed E-state index contributed by atoms with van der Waals surface area (Å²) in [5.74, 6) is 0.198. The van der Waals surface area contributed by atoms with Gasteiger partial charge in [-0.3, -0.25) is 0 Å². The van der Waals surface area contributed by atoms with Crippen molar-refractivity contribution < 1.29 is 8.42 Å². The van der Waals surface area contributed by atoms with Gasteiger partial charge < -0.3 is 10.6 Å². The summed E-state index contributed by atoms with van der Waals surface area (Å²) < 4.78 is 27.8. The van der Waals surface area contributed by atoms with Crippen molar-refractivity contribution in [2.45, 2.75) is 36.0 Å². The lowest BCUT2D eigenvalue weighted by atomic mass is 10.1. The first-order valence-corrected chi connectivity index (χ1v) is 10.4. The van der Waals surface area contributed by atoms with E-state index in [4.69, 9.17) is 17.3 Å². The molecule has 0 amide bonds. The van der Waals surface area contributed by atoms with E-state index in [0.717, 1.165) is 32.4 Å². The summed E-state index contributed by atoms with van der Waals surface area (Å²) in [7, 11) is -3.96. The van der Waals surface area contributed by atoms with Gasteiger partial charge in [0, 0.05) is 23.0 Å². The Balaban J connectivity index is 1.92. The molecule has 1 saturated heterocycles. The van der Waals surface area contributed by atoms with Crippen molar-refractivity contribution >= 4 is 52.1 Å². The number of nitrogens with two attached hydrogens (primary N) is 1. The van der Waals surface area contributed by atoms with Crippen molar-refractivity contribution in [2.24, 2.45) is 0 Å². The lowest BCUT2D eigenvalue weighted by molar-refractivity contribution is 0.568. The molecular weight excluding hydrogens is 396 g/mol. The van der Waals surface area contributed by atoms with Gasteiger partial charge in [-0.2, -0.15) is 15.0 Å². The molecule has 0 aliphatic carbocycles. The number of rotatable bonds is 4. The smallest absolute Gasteiger partial charge is 0.265 e. The van der Waals surface area contributed by atoms with E-state index in [1.54, 1.807) is 6.92 Å². The molecule has 3 N–H and O–H groups in total. The van der Waals surface area contributed by atoms with Crippen LogP contribution in [-0.4, -0.2) is 36.5 Å². The SMILES string of the molecule is Cc1cc(S(=O)(=O)Nc2nc(N)nc(N3CCCCC3)n2)c(S)cc1Cl. The molecule has 1 aliphatic heterocycles. The molecule has 1 aromatic heterocycles. The van der Waals surface area contributed by atoms with Crippen molar-refractivity contribution in [1.82, 2.24) is 15.0 Å². The van der Waals surface area contributed by atoms with Crippen LogP contribution in [0.25, 0.3) is 0 Å². The fourth-order valence-corrected chi connectivity index (χ4v) is 4.60. The van der Waals surface area contributed by atoms with Crippen LogP contribution in [0.15, 0.2) is 21.9 Å². The number of nitrogens with zero attached hydrogens (tertiary/aromatic N) is 4. The topological polar surface area (TPSA) is 114 Å². The molecule has 140 valence electrons. The van der Waals surface area contributed by atoms with Crippen LogP contribution in [-0.2, 0) is 10.0 Å². The maximum Gasteiger partial charge on any atom is 0.265 e. The summed E-state index contributed by atoms with van der Waals surface area (Å²) >= 11 is 10.2. The molecule has 3 rings (SSSR count). The minimum atomic E-state index is -3.96. The Hall–Kier alpha value is -1.78. The average Bonchev–Trinajstić information content (AvgIpc) is 2.58. The molecule has 0 unspecified atom stereocenters. The summed E-state index contributed by atoms with van der Waals surface area (Å²) in [6.45, 7) is 3.31. The molecule has 26 heavy (non-hydrogen) atoms. The molecule has 1 fully saturated rings. The van der Waals surface area contributed by atoms with Gasteiger partial charge in [0.05, 0.1) is 0 Å². The van der Waals surface area contributed by atoms with Crippen LogP contribution in [0.1, 0.15) is 24.8 Å². The third-order valence-corrected chi connectivity index (χ3v) is 6.33. The number of benzene rings is 1. The summed E-state index contributed by atoms with van der Waals surface area (Å²) in [6.07, 6.45) is 3.20. The predicted octanol–water partition coefficient (Wildman–Crippen LogP) is 2.50. The average molecular weight is 415 g/mol. The zero-order valence-electron chi connectivity index (χ0n) is 14.1. The van der Waals surface area contributed by atoms with Crippen molar-refractivity contribution in [3.63, 3.8) is 0 Å². The lowest BCUT2D eigenvalue weighted by Crippen LogP contribution is -2.31. The second kappa shape index (κ2) is 7.45. The Bertz CT molecular complexity index is 932. The second-order valence-corrected chi connectivity index (χ2v) is 8.58. The van der Waals surface area contributed by atoms with E-state index < -0.39 is 10.0 Å². The van der Waals surface area contributed by atoms with Gasteiger partial charge in [-0.05, 0) is 43.9 Å². The third-order valence-electron chi connectivity index (χ3n) is 4.04. The van der Waals surface area contributed by atoms with Crippen molar-refractivity contribution in [1.29, 1.82) is 0 Å². The lowest BCUT2D eigenvalue weighted by Gasteiger charge is -2.26. The van der Waals surface area contributed by atoms with Crippen LogP contribution >= 0.6 is 24.2 Å². The van der Waals surface area contributed by atoms with E-state index in [1.165, 1.54) is 12.1 Å². The van der Waals surface area contributed by atoms with Crippen LogP contribution in [0.5, 0.6) is 0 Å². The zero-order valence-corrected chi connectivity index (χ0v) is 16.6. The van der Waals surface area contributed by atoms with Gasteiger partial charge in [-0.25, -0.2) is 13.1 Å². The van der Waals surface area contributed by atoms with Gasteiger partial charge in [0.15, 0.2) is 0 Å². The predicted molar refractivity (Wildman–Crippen MR) is 105 cm³/mol. The maximum absolute atomic E-state index is 12.7. The second-order valence-electron chi connectivity index (χ2n) is 6.04. The van der Waals surface area contributed by atoms with Crippen molar-refractivity contribution in [3.05, 3.63) is 22.7 Å². The van der Waals surface area contributed by atoms with E-state index in [1.807, 2.05) is 4.90 Å². The number of anilines is 3.